The van der Waals surface area contributed by atoms with E-state index in [1.165, 1.54) is 0 Å². The number of aliphatic hydroxyl groups excluding tert-OH is 1. The Bertz CT molecular complexity index is 575. The first-order chi connectivity index (χ1) is 10.7. The molecule has 4 nitrogen and oxygen atoms in total. The van der Waals surface area contributed by atoms with Crippen LogP contribution >= 0.6 is 0 Å². The fourth-order valence-electron chi connectivity index (χ4n) is 2.28. The standard InChI is InChI=1S/C19H27NO3/c1-18(2,19(3,4)13-22-5)9-8-14-6-7-16(12-20-14)23-17-10-15(21)11-17/h6-7,12,15,17,21H,10-11,13H2,1-5H3. The Morgan fingerprint density at radius 2 is 1.96 bits per heavy atom. The van der Waals surface area contributed by atoms with E-state index >= 15 is 0 Å². The summed E-state index contributed by atoms with van der Waals surface area (Å²) < 4.78 is 11.0. The van der Waals surface area contributed by atoms with E-state index < -0.39 is 0 Å². The minimum atomic E-state index is -0.212. The zero-order valence-electron chi connectivity index (χ0n) is 14.7. The monoisotopic (exact) mass is 317 g/mol. The highest BCUT2D eigenvalue weighted by molar-refractivity contribution is 5.33. The van der Waals surface area contributed by atoms with Crippen molar-refractivity contribution in [1.82, 2.24) is 4.98 Å². The van der Waals surface area contributed by atoms with Crippen LogP contribution in [0.2, 0.25) is 0 Å². The first kappa shape index (κ1) is 17.8. The van der Waals surface area contributed by atoms with E-state index in [2.05, 4.69) is 44.5 Å². The summed E-state index contributed by atoms with van der Waals surface area (Å²) >= 11 is 0. The van der Waals surface area contributed by atoms with Gasteiger partial charge < -0.3 is 14.6 Å². The molecule has 2 rings (SSSR count). The van der Waals surface area contributed by atoms with Gasteiger partial charge in [-0.05, 0) is 31.9 Å². The van der Waals surface area contributed by atoms with Crippen LogP contribution in [0.4, 0.5) is 0 Å². The highest BCUT2D eigenvalue weighted by Crippen LogP contribution is 2.38. The summed E-state index contributed by atoms with van der Waals surface area (Å²) in [6.07, 6.45) is 2.99. The molecule has 0 aliphatic heterocycles. The van der Waals surface area contributed by atoms with Crippen LogP contribution in [0.5, 0.6) is 5.75 Å². The molecule has 126 valence electrons. The second-order valence-corrected chi connectivity index (χ2v) is 7.44. The van der Waals surface area contributed by atoms with E-state index in [9.17, 15) is 5.11 Å². The van der Waals surface area contributed by atoms with Crippen LogP contribution in [0.25, 0.3) is 0 Å². The molecule has 0 spiro atoms. The Morgan fingerprint density at radius 1 is 1.26 bits per heavy atom. The van der Waals surface area contributed by atoms with E-state index in [-0.39, 0.29) is 23.0 Å². The minimum Gasteiger partial charge on any atom is -0.489 e. The van der Waals surface area contributed by atoms with E-state index in [4.69, 9.17) is 9.47 Å². The molecule has 1 heterocycles. The molecule has 0 atom stereocenters. The van der Waals surface area contributed by atoms with Crippen molar-refractivity contribution in [2.24, 2.45) is 10.8 Å². The number of ether oxygens (including phenoxy) is 2. The average Bonchev–Trinajstić information content (AvgIpc) is 2.45. The molecule has 0 radical (unpaired) electrons. The topological polar surface area (TPSA) is 51.6 Å². The van der Waals surface area contributed by atoms with Gasteiger partial charge in [-0.2, -0.15) is 0 Å². The molecule has 1 saturated carbocycles. The molecule has 1 aromatic heterocycles. The van der Waals surface area contributed by atoms with Crippen LogP contribution in [0.15, 0.2) is 18.3 Å². The maximum Gasteiger partial charge on any atom is 0.138 e. The molecule has 0 bridgehead atoms. The SMILES string of the molecule is COCC(C)(C)C(C)(C)C#Cc1ccc(OC2CC(O)C2)cn1. The number of rotatable bonds is 5. The minimum absolute atomic E-state index is 0.0527. The van der Waals surface area contributed by atoms with Crippen molar-refractivity contribution in [3.8, 4) is 17.6 Å². The molecule has 1 aliphatic carbocycles. The maximum atomic E-state index is 9.27. The average molecular weight is 317 g/mol. The van der Waals surface area contributed by atoms with Crippen molar-refractivity contribution in [2.75, 3.05) is 13.7 Å². The van der Waals surface area contributed by atoms with Crippen molar-refractivity contribution in [3.05, 3.63) is 24.0 Å². The molecule has 0 saturated heterocycles. The number of pyridine rings is 1. The van der Waals surface area contributed by atoms with Crippen LogP contribution in [-0.4, -0.2) is 36.0 Å². The fourth-order valence-corrected chi connectivity index (χ4v) is 2.28. The number of methoxy groups -OCH3 is 1. The number of nitrogens with zero attached hydrogens (tertiary/aromatic N) is 1. The Kier molecular flexibility index (Phi) is 5.33. The van der Waals surface area contributed by atoms with Crippen molar-refractivity contribution in [2.45, 2.75) is 52.7 Å². The fraction of sp³-hybridized carbons (Fsp3) is 0.632. The van der Waals surface area contributed by atoms with E-state index in [1.54, 1.807) is 13.3 Å². The van der Waals surface area contributed by atoms with Gasteiger partial charge in [-0.15, -0.1) is 0 Å². The number of aromatic nitrogens is 1. The summed E-state index contributed by atoms with van der Waals surface area (Å²) in [5.74, 6) is 7.20. The van der Waals surface area contributed by atoms with E-state index in [0.717, 1.165) is 11.4 Å². The lowest BCUT2D eigenvalue weighted by atomic mass is 9.69. The van der Waals surface area contributed by atoms with Crippen molar-refractivity contribution < 1.29 is 14.6 Å². The van der Waals surface area contributed by atoms with Crippen molar-refractivity contribution in [1.29, 1.82) is 0 Å². The van der Waals surface area contributed by atoms with Gasteiger partial charge >= 0.3 is 0 Å². The largest absolute Gasteiger partial charge is 0.489 e. The molecule has 0 aromatic carbocycles. The van der Waals surface area contributed by atoms with Gasteiger partial charge in [0, 0.05) is 30.8 Å². The molecular weight excluding hydrogens is 290 g/mol. The van der Waals surface area contributed by atoms with Crippen LogP contribution in [0, 0.1) is 22.7 Å². The van der Waals surface area contributed by atoms with Crippen molar-refractivity contribution >= 4 is 0 Å². The predicted molar refractivity (Wildman–Crippen MR) is 90.2 cm³/mol. The quantitative estimate of drug-likeness (QED) is 0.848. The summed E-state index contributed by atoms with van der Waals surface area (Å²) in [5.41, 5.74) is 0.484. The van der Waals surface area contributed by atoms with Gasteiger partial charge in [0.1, 0.15) is 17.5 Å². The second kappa shape index (κ2) is 6.90. The Morgan fingerprint density at radius 3 is 2.48 bits per heavy atom. The first-order valence-electron chi connectivity index (χ1n) is 8.06. The summed E-state index contributed by atoms with van der Waals surface area (Å²) in [4.78, 5) is 4.35. The third-order valence-corrected chi connectivity index (χ3v) is 4.81. The molecule has 1 N–H and O–H groups in total. The van der Waals surface area contributed by atoms with Gasteiger partial charge in [0.15, 0.2) is 0 Å². The number of hydrogen-bond acceptors (Lipinski definition) is 4. The lowest BCUT2D eigenvalue weighted by molar-refractivity contribution is -0.0109. The van der Waals surface area contributed by atoms with Gasteiger partial charge in [-0.3, -0.25) is 0 Å². The van der Waals surface area contributed by atoms with Crippen LogP contribution < -0.4 is 4.74 Å². The van der Waals surface area contributed by atoms with Gasteiger partial charge in [-0.1, -0.05) is 19.8 Å². The van der Waals surface area contributed by atoms with Crippen molar-refractivity contribution in [3.63, 3.8) is 0 Å². The second-order valence-electron chi connectivity index (χ2n) is 7.44. The van der Waals surface area contributed by atoms with Crippen LogP contribution in [0.1, 0.15) is 46.2 Å². The Labute approximate surface area is 139 Å². The predicted octanol–water partition coefficient (Wildman–Crippen LogP) is 3.03. The molecule has 1 aromatic rings. The third-order valence-electron chi connectivity index (χ3n) is 4.81. The smallest absolute Gasteiger partial charge is 0.138 e. The zero-order valence-corrected chi connectivity index (χ0v) is 14.7. The van der Waals surface area contributed by atoms with Gasteiger partial charge in [0.2, 0.25) is 0 Å². The summed E-state index contributed by atoms with van der Waals surface area (Å²) in [6.45, 7) is 9.21. The Balaban J connectivity index is 2.00. The number of hydrogen-bond donors (Lipinski definition) is 1. The van der Waals surface area contributed by atoms with Crippen LogP contribution in [-0.2, 0) is 4.74 Å². The van der Waals surface area contributed by atoms with E-state index in [0.29, 0.717) is 19.4 Å². The zero-order chi connectivity index (χ0) is 17.1. The van der Waals surface area contributed by atoms with E-state index in [1.807, 2.05) is 12.1 Å². The third kappa shape index (κ3) is 4.46. The van der Waals surface area contributed by atoms with Gasteiger partial charge in [0.05, 0.1) is 18.9 Å². The van der Waals surface area contributed by atoms with Gasteiger partial charge in [0.25, 0.3) is 0 Å². The van der Waals surface area contributed by atoms with Gasteiger partial charge in [-0.25, -0.2) is 4.98 Å². The Hall–Kier alpha value is -1.57. The molecule has 4 heteroatoms. The summed E-state index contributed by atoms with van der Waals surface area (Å²) in [6, 6.07) is 3.76. The first-order valence-corrected chi connectivity index (χ1v) is 8.06. The lowest BCUT2D eigenvalue weighted by Crippen LogP contribution is -2.37. The highest BCUT2D eigenvalue weighted by atomic mass is 16.5. The molecule has 1 fully saturated rings. The highest BCUT2D eigenvalue weighted by Gasteiger charge is 2.35. The molecule has 23 heavy (non-hydrogen) atoms. The molecule has 1 aliphatic rings. The summed E-state index contributed by atoms with van der Waals surface area (Å²) in [7, 11) is 1.71. The lowest BCUT2D eigenvalue weighted by Gasteiger charge is -2.37. The summed E-state index contributed by atoms with van der Waals surface area (Å²) in [5, 5.41) is 9.27. The maximum absolute atomic E-state index is 9.27. The van der Waals surface area contributed by atoms with Crippen LogP contribution in [0.3, 0.4) is 0 Å². The molecular formula is C19H27NO3. The molecule has 0 unspecified atom stereocenters. The number of aliphatic hydroxyl groups is 1. The molecule has 0 amide bonds. The normalized spacial score (nSPS) is 21.1.